The van der Waals surface area contributed by atoms with Gasteiger partial charge in [-0.05, 0) is 43.0 Å². The molecule has 1 saturated heterocycles. The van der Waals surface area contributed by atoms with E-state index in [1.165, 1.54) is 30.7 Å². The minimum atomic E-state index is -3.97. The topological polar surface area (TPSA) is 122 Å². The summed E-state index contributed by atoms with van der Waals surface area (Å²) in [4.78, 5) is 6.41. The molecule has 0 amide bonds. The van der Waals surface area contributed by atoms with E-state index in [0.29, 0.717) is 34.5 Å². The quantitative estimate of drug-likeness (QED) is 0.385. The lowest BCUT2D eigenvalue weighted by atomic mass is 10.0. The molecule has 0 saturated carbocycles. The van der Waals surface area contributed by atoms with Crippen LogP contribution in [0.2, 0.25) is 0 Å². The third-order valence-corrected chi connectivity index (χ3v) is 7.52. The number of piperidine rings is 1. The second kappa shape index (κ2) is 8.99. The van der Waals surface area contributed by atoms with Gasteiger partial charge < -0.3 is 15.4 Å². The number of guanidine groups is 1. The Kier molecular flexibility index (Phi) is 7.16. The van der Waals surface area contributed by atoms with E-state index in [0.717, 1.165) is 32.0 Å². The van der Waals surface area contributed by atoms with Crippen molar-refractivity contribution in [3.8, 4) is 5.75 Å². The van der Waals surface area contributed by atoms with Gasteiger partial charge in [-0.1, -0.05) is 6.92 Å². The van der Waals surface area contributed by atoms with Crippen molar-refractivity contribution >= 4 is 31.7 Å². The van der Waals surface area contributed by atoms with Crippen molar-refractivity contribution in [2.24, 2.45) is 16.6 Å². The molecule has 0 bridgehead atoms. The highest BCUT2D eigenvalue weighted by atomic mass is 32.3. The summed E-state index contributed by atoms with van der Waals surface area (Å²) in [6.07, 6.45) is 3.99. The lowest BCUT2D eigenvalue weighted by molar-refractivity contribution is 0.269. The Morgan fingerprint density at radius 2 is 1.82 bits per heavy atom. The van der Waals surface area contributed by atoms with Gasteiger partial charge in [0.15, 0.2) is 5.96 Å². The smallest absolute Gasteiger partial charge is 0.245 e. The summed E-state index contributed by atoms with van der Waals surface area (Å²) < 4.78 is 53.1. The van der Waals surface area contributed by atoms with Crippen LogP contribution in [0.3, 0.4) is 0 Å². The summed E-state index contributed by atoms with van der Waals surface area (Å²) >= 11 is 0. The summed E-state index contributed by atoms with van der Waals surface area (Å²) in [5.41, 5.74) is 6.05. The molecule has 0 aliphatic carbocycles. The van der Waals surface area contributed by atoms with Crippen molar-refractivity contribution in [3.63, 3.8) is 0 Å². The number of hydrogen-bond donors (Lipinski definition) is 1. The third kappa shape index (κ3) is 6.26. The summed E-state index contributed by atoms with van der Waals surface area (Å²) in [5.74, 6) is 1.60. The summed E-state index contributed by atoms with van der Waals surface area (Å²) in [5, 5.41) is 0. The van der Waals surface area contributed by atoms with Crippen LogP contribution in [0.4, 0.5) is 5.69 Å². The molecular weight excluding hydrogens is 404 g/mol. The molecule has 2 rings (SSSR count). The molecule has 9 nitrogen and oxygen atoms in total. The summed E-state index contributed by atoms with van der Waals surface area (Å²) in [7, 11) is -7.93. The Balaban J connectivity index is 1.93. The van der Waals surface area contributed by atoms with Crippen LogP contribution in [0, 0.1) is 5.92 Å². The highest BCUT2D eigenvalue weighted by Crippen LogP contribution is 2.24. The van der Waals surface area contributed by atoms with E-state index >= 15 is 0 Å². The predicted molar refractivity (Wildman–Crippen MR) is 111 cm³/mol. The van der Waals surface area contributed by atoms with Crippen molar-refractivity contribution in [1.82, 2.24) is 4.90 Å². The van der Waals surface area contributed by atoms with E-state index in [4.69, 9.17) is 10.5 Å². The van der Waals surface area contributed by atoms with Gasteiger partial charge >= 0.3 is 0 Å². The SMILES string of the molecule is CC1CCCN(C(N)=NCCOc2ccc(N(S(C)(=O)=O)S(C)(=O)=O)cc2)C1. The van der Waals surface area contributed by atoms with E-state index in [2.05, 4.69) is 16.8 Å². The average molecular weight is 433 g/mol. The molecule has 2 N–H and O–H groups in total. The molecule has 0 spiro atoms. The Bertz CT molecular complexity index is 866. The zero-order valence-corrected chi connectivity index (χ0v) is 18.0. The number of sulfonamides is 2. The summed E-state index contributed by atoms with van der Waals surface area (Å²) in [6.45, 7) is 4.71. The highest BCUT2D eigenvalue weighted by Gasteiger charge is 2.27. The van der Waals surface area contributed by atoms with Crippen LogP contribution >= 0.6 is 0 Å². The number of ether oxygens (including phenoxy) is 1. The zero-order valence-electron chi connectivity index (χ0n) is 16.4. The average Bonchev–Trinajstić information content (AvgIpc) is 2.57. The van der Waals surface area contributed by atoms with Crippen LogP contribution in [-0.4, -0.2) is 66.4 Å². The van der Waals surface area contributed by atoms with Gasteiger partial charge in [0, 0.05) is 13.1 Å². The first kappa shape index (κ1) is 22.3. The van der Waals surface area contributed by atoms with Gasteiger partial charge in [-0.3, -0.25) is 0 Å². The Labute approximate surface area is 167 Å². The zero-order chi connectivity index (χ0) is 20.9. The Morgan fingerprint density at radius 3 is 2.36 bits per heavy atom. The molecule has 158 valence electrons. The lowest BCUT2D eigenvalue weighted by Crippen LogP contribution is -2.43. The molecule has 1 heterocycles. The van der Waals surface area contributed by atoms with Crippen LogP contribution in [0.1, 0.15) is 19.8 Å². The molecule has 1 aromatic rings. The van der Waals surface area contributed by atoms with Gasteiger partial charge in [-0.2, -0.15) is 3.71 Å². The van der Waals surface area contributed by atoms with E-state index in [-0.39, 0.29) is 5.69 Å². The molecule has 1 aliphatic rings. The molecule has 11 heteroatoms. The molecular formula is C17H28N4O5S2. The van der Waals surface area contributed by atoms with Crippen molar-refractivity contribution in [1.29, 1.82) is 0 Å². The van der Waals surface area contributed by atoms with E-state index in [1.807, 2.05) is 0 Å². The van der Waals surface area contributed by atoms with Gasteiger partial charge in [0.1, 0.15) is 12.4 Å². The number of anilines is 1. The first-order chi connectivity index (χ1) is 13.0. The van der Waals surface area contributed by atoms with Crippen LogP contribution in [0.5, 0.6) is 5.75 Å². The maximum atomic E-state index is 11.8. The minimum absolute atomic E-state index is 0.0267. The predicted octanol–water partition coefficient (Wildman–Crippen LogP) is 0.838. The third-order valence-electron chi connectivity index (χ3n) is 4.26. The van der Waals surface area contributed by atoms with E-state index < -0.39 is 20.0 Å². The Morgan fingerprint density at radius 1 is 1.21 bits per heavy atom. The monoisotopic (exact) mass is 432 g/mol. The van der Waals surface area contributed by atoms with Crippen LogP contribution < -0.4 is 14.2 Å². The Hall–Kier alpha value is -2.01. The van der Waals surface area contributed by atoms with Gasteiger partial charge in [0.2, 0.25) is 20.0 Å². The molecule has 0 aromatic heterocycles. The maximum absolute atomic E-state index is 11.8. The number of nitrogens with two attached hydrogens (primary N) is 1. The van der Waals surface area contributed by atoms with E-state index in [1.54, 1.807) is 0 Å². The number of benzene rings is 1. The molecule has 28 heavy (non-hydrogen) atoms. The molecule has 1 aromatic carbocycles. The van der Waals surface area contributed by atoms with Crippen LogP contribution in [0.15, 0.2) is 29.3 Å². The molecule has 1 unspecified atom stereocenters. The summed E-state index contributed by atoms with van der Waals surface area (Å²) in [6, 6.07) is 5.78. The first-order valence-electron chi connectivity index (χ1n) is 8.96. The number of nitrogens with zero attached hydrogens (tertiary/aromatic N) is 3. The number of likely N-dealkylation sites (tertiary alicyclic amines) is 1. The minimum Gasteiger partial charge on any atom is -0.492 e. The normalized spacial score (nSPS) is 18.8. The van der Waals surface area contributed by atoms with Gasteiger partial charge in [-0.15, -0.1) is 0 Å². The fourth-order valence-corrected chi connectivity index (χ4v) is 6.09. The van der Waals surface area contributed by atoms with Crippen LogP contribution in [-0.2, 0) is 20.0 Å². The number of hydrogen-bond acceptors (Lipinski definition) is 6. The number of rotatable bonds is 7. The first-order valence-corrected chi connectivity index (χ1v) is 12.7. The lowest BCUT2D eigenvalue weighted by Gasteiger charge is -2.31. The van der Waals surface area contributed by atoms with Crippen molar-refractivity contribution in [2.75, 3.05) is 42.5 Å². The standard InChI is InChI=1S/C17H28N4O5S2/c1-14-5-4-11-20(13-14)17(18)19-10-12-26-16-8-6-15(7-9-16)21(27(2,22)23)28(3,24)25/h6-9,14H,4-5,10-13H2,1-3H3,(H2,18,19). The van der Waals surface area contributed by atoms with Crippen LogP contribution in [0.25, 0.3) is 0 Å². The van der Waals surface area contributed by atoms with E-state index in [9.17, 15) is 16.8 Å². The maximum Gasteiger partial charge on any atom is 0.245 e. The van der Waals surface area contributed by atoms with Gasteiger partial charge in [-0.25, -0.2) is 21.8 Å². The largest absolute Gasteiger partial charge is 0.492 e. The molecule has 1 aliphatic heterocycles. The van der Waals surface area contributed by atoms with Crippen molar-refractivity contribution in [2.45, 2.75) is 19.8 Å². The second-order valence-corrected chi connectivity index (χ2v) is 10.9. The molecule has 1 fully saturated rings. The fourth-order valence-electron chi connectivity index (χ4n) is 3.11. The number of aliphatic imine (C=N–C) groups is 1. The van der Waals surface area contributed by atoms with Crippen molar-refractivity contribution < 1.29 is 21.6 Å². The van der Waals surface area contributed by atoms with Gasteiger partial charge in [0.25, 0.3) is 0 Å². The second-order valence-electron chi connectivity index (χ2n) is 7.00. The fraction of sp³-hybridized carbons (Fsp3) is 0.588. The van der Waals surface area contributed by atoms with Gasteiger partial charge in [0.05, 0.1) is 24.7 Å². The molecule has 0 radical (unpaired) electrons. The highest BCUT2D eigenvalue weighted by molar-refractivity contribution is 8.09. The van der Waals surface area contributed by atoms with Crippen molar-refractivity contribution in [3.05, 3.63) is 24.3 Å². The molecule has 1 atom stereocenters.